The molecular formula is C16H15ClN4O2S. The maximum atomic E-state index is 12.4. The Hall–Kier alpha value is -2.38. The number of aromatic nitrogens is 3. The van der Waals surface area contributed by atoms with Crippen LogP contribution >= 0.6 is 11.6 Å². The predicted octanol–water partition coefficient (Wildman–Crippen LogP) is 3.09. The maximum Gasteiger partial charge on any atom is 0.264 e. The summed E-state index contributed by atoms with van der Waals surface area (Å²) in [4.78, 5) is 3.98. The van der Waals surface area contributed by atoms with Crippen LogP contribution in [0.2, 0.25) is 5.02 Å². The highest BCUT2D eigenvalue weighted by Gasteiger charge is 2.19. The van der Waals surface area contributed by atoms with Crippen LogP contribution in [0.15, 0.2) is 59.9 Å². The molecule has 2 heterocycles. The molecule has 1 N–H and O–H groups in total. The zero-order valence-corrected chi connectivity index (χ0v) is 14.4. The van der Waals surface area contributed by atoms with E-state index in [9.17, 15) is 8.42 Å². The molecule has 8 heteroatoms. The molecule has 3 rings (SSSR count). The van der Waals surface area contributed by atoms with E-state index in [1.165, 1.54) is 6.07 Å². The van der Waals surface area contributed by atoms with Gasteiger partial charge >= 0.3 is 0 Å². The summed E-state index contributed by atoms with van der Waals surface area (Å²) in [5.41, 5.74) is 1.91. The van der Waals surface area contributed by atoms with E-state index in [-0.39, 0.29) is 15.7 Å². The molecule has 0 spiro atoms. The first kappa shape index (κ1) is 16.5. The van der Waals surface area contributed by atoms with Crippen LogP contribution in [-0.4, -0.2) is 23.2 Å². The van der Waals surface area contributed by atoms with Gasteiger partial charge in [-0.2, -0.15) is 5.10 Å². The standard InChI is InChI=1S/C16H15ClN4O2S/c1-12-2-3-15(14(17)10-12)24(22,23)20-16-6-9-21(19-16)11-13-4-7-18-8-5-13/h2-10H,11H2,1H3,(H,19,20). The SMILES string of the molecule is Cc1ccc(S(=O)(=O)Nc2ccn(Cc3ccncc3)n2)c(Cl)c1. The van der Waals surface area contributed by atoms with E-state index < -0.39 is 10.0 Å². The van der Waals surface area contributed by atoms with Crippen LogP contribution in [0.25, 0.3) is 0 Å². The number of halogens is 1. The van der Waals surface area contributed by atoms with Crippen LogP contribution in [0.1, 0.15) is 11.1 Å². The van der Waals surface area contributed by atoms with E-state index in [1.807, 2.05) is 19.1 Å². The van der Waals surface area contributed by atoms with Crippen LogP contribution in [0.4, 0.5) is 5.82 Å². The molecule has 124 valence electrons. The van der Waals surface area contributed by atoms with Gasteiger partial charge < -0.3 is 0 Å². The minimum Gasteiger partial charge on any atom is -0.266 e. The van der Waals surface area contributed by atoms with Crippen molar-refractivity contribution in [3.05, 3.63) is 71.1 Å². The minimum absolute atomic E-state index is 0.0263. The Kier molecular flexibility index (Phi) is 4.55. The number of hydrogen-bond donors (Lipinski definition) is 1. The molecule has 0 unspecified atom stereocenters. The van der Waals surface area contributed by atoms with E-state index in [4.69, 9.17) is 11.6 Å². The summed E-state index contributed by atoms with van der Waals surface area (Å²) in [5, 5.41) is 4.41. The van der Waals surface area contributed by atoms with Crippen molar-refractivity contribution >= 4 is 27.4 Å². The highest BCUT2D eigenvalue weighted by atomic mass is 35.5. The first-order chi connectivity index (χ1) is 11.4. The molecule has 0 fully saturated rings. The molecule has 0 aliphatic carbocycles. The highest BCUT2D eigenvalue weighted by Crippen LogP contribution is 2.24. The van der Waals surface area contributed by atoms with Crippen LogP contribution in [0, 0.1) is 6.92 Å². The summed E-state index contributed by atoms with van der Waals surface area (Å²) in [6, 6.07) is 10.1. The quantitative estimate of drug-likeness (QED) is 0.756. The Morgan fingerprint density at radius 2 is 1.92 bits per heavy atom. The molecule has 1 aromatic carbocycles. The van der Waals surface area contributed by atoms with E-state index in [0.717, 1.165) is 11.1 Å². The second-order valence-electron chi connectivity index (χ2n) is 5.29. The monoisotopic (exact) mass is 362 g/mol. The summed E-state index contributed by atoms with van der Waals surface area (Å²) in [5.74, 6) is 0.237. The largest absolute Gasteiger partial charge is 0.266 e. The minimum atomic E-state index is -3.79. The third-order valence-corrected chi connectivity index (χ3v) is 5.19. The van der Waals surface area contributed by atoms with E-state index in [1.54, 1.807) is 41.5 Å². The van der Waals surface area contributed by atoms with Crippen molar-refractivity contribution in [3.63, 3.8) is 0 Å². The molecule has 0 bridgehead atoms. The van der Waals surface area contributed by atoms with Gasteiger partial charge in [0.15, 0.2) is 5.82 Å². The average Bonchev–Trinajstić information content (AvgIpc) is 2.94. The lowest BCUT2D eigenvalue weighted by molar-refractivity contribution is 0.600. The fourth-order valence-corrected chi connectivity index (χ4v) is 3.79. The number of aryl methyl sites for hydroxylation is 1. The van der Waals surface area contributed by atoms with E-state index >= 15 is 0 Å². The Morgan fingerprint density at radius 1 is 1.17 bits per heavy atom. The number of benzene rings is 1. The molecule has 0 amide bonds. The second kappa shape index (κ2) is 6.62. The van der Waals surface area contributed by atoms with Crippen LogP contribution in [-0.2, 0) is 16.6 Å². The lowest BCUT2D eigenvalue weighted by atomic mass is 10.2. The number of hydrogen-bond acceptors (Lipinski definition) is 4. The normalized spacial score (nSPS) is 11.4. The molecule has 2 aromatic heterocycles. The Bertz CT molecular complexity index is 955. The van der Waals surface area contributed by atoms with Crippen LogP contribution in [0.5, 0.6) is 0 Å². The molecule has 3 aromatic rings. The van der Waals surface area contributed by atoms with Gasteiger partial charge in [-0.3, -0.25) is 14.4 Å². The third kappa shape index (κ3) is 3.74. The number of anilines is 1. The van der Waals surface area contributed by atoms with Crippen molar-refractivity contribution in [2.45, 2.75) is 18.4 Å². The molecule has 0 atom stereocenters. The summed E-state index contributed by atoms with van der Waals surface area (Å²) < 4.78 is 29.0. The lowest BCUT2D eigenvalue weighted by Gasteiger charge is -2.08. The fourth-order valence-electron chi connectivity index (χ4n) is 2.20. The first-order valence-electron chi connectivity index (χ1n) is 7.15. The number of nitrogens with zero attached hydrogens (tertiary/aromatic N) is 3. The summed E-state index contributed by atoms with van der Waals surface area (Å²) in [6.45, 7) is 2.37. The fraction of sp³-hybridized carbons (Fsp3) is 0.125. The Balaban J connectivity index is 1.78. The molecular weight excluding hydrogens is 348 g/mol. The van der Waals surface area contributed by atoms with Gasteiger partial charge in [-0.1, -0.05) is 17.7 Å². The van der Waals surface area contributed by atoms with E-state index in [2.05, 4.69) is 14.8 Å². The van der Waals surface area contributed by atoms with Crippen LogP contribution < -0.4 is 4.72 Å². The maximum absolute atomic E-state index is 12.4. The number of nitrogens with one attached hydrogen (secondary N) is 1. The van der Waals surface area contributed by atoms with Crippen molar-refractivity contribution in [3.8, 4) is 0 Å². The summed E-state index contributed by atoms with van der Waals surface area (Å²) in [7, 11) is -3.79. The highest BCUT2D eigenvalue weighted by molar-refractivity contribution is 7.92. The van der Waals surface area contributed by atoms with Gasteiger partial charge in [-0.25, -0.2) is 8.42 Å². The average molecular weight is 363 g/mol. The first-order valence-corrected chi connectivity index (χ1v) is 9.01. The van der Waals surface area contributed by atoms with Gasteiger partial charge in [0.1, 0.15) is 4.90 Å². The second-order valence-corrected chi connectivity index (χ2v) is 7.35. The Labute approximate surface area is 145 Å². The molecule has 0 saturated heterocycles. The van der Waals surface area contributed by atoms with Crippen molar-refractivity contribution in [2.75, 3.05) is 4.72 Å². The third-order valence-electron chi connectivity index (χ3n) is 3.35. The van der Waals surface area contributed by atoms with Crippen molar-refractivity contribution in [2.24, 2.45) is 0 Å². The zero-order valence-electron chi connectivity index (χ0n) is 12.8. The molecule has 0 saturated carbocycles. The lowest BCUT2D eigenvalue weighted by Crippen LogP contribution is -2.14. The molecule has 24 heavy (non-hydrogen) atoms. The van der Waals surface area contributed by atoms with Gasteiger partial charge in [-0.05, 0) is 42.3 Å². The van der Waals surface area contributed by atoms with Crippen molar-refractivity contribution in [1.82, 2.24) is 14.8 Å². The van der Waals surface area contributed by atoms with Gasteiger partial charge in [-0.15, -0.1) is 0 Å². The zero-order chi connectivity index (χ0) is 17.2. The topological polar surface area (TPSA) is 76.9 Å². The van der Waals surface area contributed by atoms with Crippen LogP contribution in [0.3, 0.4) is 0 Å². The Morgan fingerprint density at radius 3 is 2.62 bits per heavy atom. The van der Waals surface area contributed by atoms with Crippen molar-refractivity contribution < 1.29 is 8.42 Å². The van der Waals surface area contributed by atoms with Gasteiger partial charge in [0.2, 0.25) is 0 Å². The van der Waals surface area contributed by atoms with Gasteiger partial charge in [0, 0.05) is 24.7 Å². The molecule has 0 aliphatic rings. The van der Waals surface area contributed by atoms with E-state index in [0.29, 0.717) is 6.54 Å². The molecule has 0 radical (unpaired) electrons. The molecule has 6 nitrogen and oxygen atoms in total. The number of sulfonamides is 1. The summed E-state index contributed by atoms with van der Waals surface area (Å²) >= 11 is 6.04. The summed E-state index contributed by atoms with van der Waals surface area (Å²) in [6.07, 6.45) is 5.10. The van der Waals surface area contributed by atoms with Gasteiger partial charge in [0.05, 0.1) is 11.6 Å². The number of rotatable bonds is 5. The smallest absolute Gasteiger partial charge is 0.264 e. The molecule has 0 aliphatic heterocycles. The number of pyridine rings is 1. The predicted molar refractivity (Wildman–Crippen MR) is 92.6 cm³/mol. The van der Waals surface area contributed by atoms with Crippen molar-refractivity contribution in [1.29, 1.82) is 0 Å². The van der Waals surface area contributed by atoms with Gasteiger partial charge in [0.25, 0.3) is 10.0 Å².